The number of hydrogen-bond acceptors (Lipinski definition) is 3. The van der Waals surface area contributed by atoms with Crippen molar-refractivity contribution in [3.8, 4) is 0 Å². The highest BCUT2D eigenvalue weighted by Gasteiger charge is 2.59. The van der Waals surface area contributed by atoms with Crippen LogP contribution in [-0.2, 0) is 9.67 Å². The minimum Gasteiger partial charge on any atom is -0.311 e. The van der Waals surface area contributed by atoms with Crippen LogP contribution >= 0.6 is 23.4 Å². The number of amides is 2. The summed E-state index contributed by atoms with van der Waals surface area (Å²) in [6, 6.07) is 13.0. The van der Waals surface area contributed by atoms with Crippen molar-refractivity contribution >= 4 is 40.9 Å². The Kier molecular flexibility index (Phi) is 4.24. The first-order valence-corrected chi connectivity index (χ1v) is 10.0. The van der Waals surface area contributed by atoms with E-state index in [9.17, 15) is 9.59 Å². The van der Waals surface area contributed by atoms with E-state index in [0.29, 0.717) is 29.4 Å². The van der Waals surface area contributed by atoms with Crippen molar-refractivity contribution in [2.45, 2.75) is 18.7 Å². The van der Waals surface area contributed by atoms with Crippen molar-refractivity contribution in [1.82, 2.24) is 4.90 Å². The van der Waals surface area contributed by atoms with E-state index >= 15 is 0 Å². The van der Waals surface area contributed by atoms with Gasteiger partial charge in [-0.05, 0) is 43.7 Å². The number of thioether (sulfide) groups is 1. The van der Waals surface area contributed by atoms with Gasteiger partial charge in [0, 0.05) is 35.0 Å². The maximum absolute atomic E-state index is 13.4. The Morgan fingerprint density at radius 3 is 2.77 bits per heavy atom. The minimum atomic E-state index is -1.02. The lowest BCUT2D eigenvalue weighted by atomic mass is 10.0. The van der Waals surface area contributed by atoms with Crippen LogP contribution in [-0.4, -0.2) is 35.6 Å². The van der Waals surface area contributed by atoms with Crippen LogP contribution in [0.3, 0.4) is 0 Å². The van der Waals surface area contributed by atoms with E-state index in [1.54, 1.807) is 15.9 Å². The molecule has 6 heteroatoms. The van der Waals surface area contributed by atoms with Crippen LogP contribution in [0, 0.1) is 6.92 Å². The van der Waals surface area contributed by atoms with E-state index in [1.165, 1.54) is 11.8 Å². The number of nitrogens with zero attached hydrogens (tertiary/aromatic N) is 2. The molecule has 2 amide bonds. The maximum Gasteiger partial charge on any atom is 0.268 e. The molecule has 1 saturated heterocycles. The van der Waals surface area contributed by atoms with Gasteiger partial charge < -0.3 is 9.80 Å². The third-order valence-corrected chi connectivity index (χ3v) is 6.75. The predicted octanol–water partition coefficient (Wildman–Crippen LogP) is 4.06. The molecule has 0 radical (unpaired) electrons. The molecule has 1 atom stereocenters. The molecule has 2 heterocycles. The fourth-order valence-corrected chi connectivity index (χ4v) is 5.48. The average Bonchev–Trinajstić information content (AvgIpc) is 3.17. The van der Waals surface area contributed by atoms with Crippen LogP contribution in [0.4, 0.5) is 5.69 Å². The number of anilines is 1. The largest absolute Gasteiger partial charge is 0.311 e. The summed E-state index contributed by atoms with van der Waals surface area (Å²) < 4.78 is 0. The van der Waals surface area contributed by atoms with Gasteiger partial charge in [0.2, 0.25) is 0 Å². The topological polar surface area (TPSA) is 40.6 Å². The fraction of sp³-hybridized carbons (Fsp3) is 0.300. The van der Waals surface area contributed by atoms with Gasteiger partial charge in [-0.25, -0.2) is 0 Å². The van der Waals surface area contributed by atoms with Crippen LogP contribution in [0.25, 0.3) is 0 Å². The Morgan fingerprint density at radius 2 is 2.04 bits per heavy atom. The van der Waals surface area contributed by atoms with E-state index in [0.717, 1.165) is 16.8 Å². The number of likely N-dealkylation sites (N-methyl/N-ethyl adjacent to an activating group) is 1. The maximum atomic E-state index is 13.4. The molecule has 0 saturated carbocycles. The lowest BCUT2D eigenvalue weighted by Crippen LogP contribution is -2.50. The fourth-order valence-electron chi connectivity index (χ4n) is 3.86. The van der Waals surface area contributed by atoms with Crippen molar-refractivity contribution in [2.75, 3.05) is 23.7 Å². The molecule has 0 N–H and O–H groups in total. The second-order valence-electron chi connectivity index (χ2n) is 6.48. The Balaban J connectivity index is 1.87. The number of aryl methyl sites for hydroxylation is 1. The minimum absolute atomic E-state index is 0.0540. The zero-order valence-corrected chi connectivity index (χ0v) is 16.2. The van der Waals surface area contributed by atoms with Gasteiger partial charge in [-0.2, -0.15) is 0 Å². The zero-order chi connectivity index (χ0) is 18.5. The van der Waals surface area contributed by atoms with Crippen LogP contribution in [0.15, 0.2) is 42.5 Å². The van der Waals surface area contributed by atoms with E-state index < -0.39 is 4.87 Å². The molecule has 2 aromatic rings. The summed E-state index contributed by atoms with van der Waals surface area (Å²) in [5.74, 6) is 0.555. The second-order valence-corrected chi connectivity index (χ2v) is 8.20. The Bertz CT molecular complexity index is 916. The number of rotatable bonds is 2. The lowest BCUT2D eigenvalue weighted by molar-refractivity contribution is -0.123. The highest BCUT2D eigenvalue weighted by Crippen LogP contribution is 2.54. The second kappa shape index (κ2) is 6.32. The Morgan fingerprint density at radius 1 is 1.27 bits per heavy atom. The molecule has 2 aromatic carbocycles. The zero-order valence-electron chi connectivity index (χ0n) is 14.7. The number of halogens is 1. The smallest absolute Gasteiger partial charge is 0.268 e. The van der Waals surface area contributed by atoms with Gasteiger partial charge >= 0.3 is 0 Å². The quantitative estimate of drug-likeness (QED) is 0.781. The highest BCUT2D eigenvalue weighted by atomic mass is 35.5. The highest BCUT2D eigenvalue weighted by molar-refractivity contribution is 8.01. The van der Waals surface area contributed by atoms with E-state index in [-0.39, 0.29) is 11.8 Å². The van der Waals surface area contributed by atoms with Gasteiger partial charge in [0.15, 0.2) is 4.87 Å². The summed E-state index contributed by atoms with van der Waals surface area (Å²) in [5.41, 5.74) is 3.22. The molecule has 134 valence electrons. The molecule has 4 nitrogen and oxygen atoms in total. The standard InChI is InChI=1S/C20H19ClN2O2S/c1-3-22-17-9-8-14(21)12-16(17)20(19(22)25)23(10-11-26-20)18(24)15-7-5-4-6-13(15)2/h4-9,12H,3,10-11H2,1-2H3. The summed E-state index contributed by atoms with van der Waals surface area (Å²) >= 11 is 7.77. The van der Waals surface area contributed by atoms with Crippen molar-refractivity contribution < 1.29 is 9.59 Å². The molecule has 1 fully saturated rings. The summed E-state index contributed by atoms with van der Waals surface area (Å²) in [6.45, 7) is 4.96. The molecule has 26 heavy (non-hydrogen) atoms. The molecule has 2 aliphatic rings. The normalized spacial score (nSPS) is 21.6. The number of hydrogen-bond donors (Lipinski definition) is 0. The molecule has 2 aliphatic heterocycles. The predicted molar refractivity (Wildman–Crippen MR) is 106 cm³/mol. The SMILES string of the molecule is CCN1C(=O)C2(SCCN2C(=O)c2ccccc2C)c2cc(Cl)ccc21. The first-order chi connectivity index (χ1) is 12.5. The van der Waals surface area contributed by atoms with E-state index in [4.69, 9.17) is 11.6 Å². The van der Waals surface area contributed by atoms with Crippen LogP contribution in [0.1, 0.15) is 28.4 Å². The van der Waals surface area contributed by atoms with E-state index in [1.807, 2.05) is 50.2 Å². The number of carbonyl (C=O) groups excluding carboxylic acids is 2. The van der Waals surface area contributed by atoms with Crippen molar-refractivity contribution in [2.24, 2.45) is 0 Å². The van der Waals surface area contributed by atoms with Crippen molar-refractivity contribution in [1.29, 1.82) is 0 Å². The molecule has 0 aliphatic carbocycles. The molecular weight excluding hydrogens is 368 g/mol. The van der Waals surface area contributed by atoms with Gasteiger partial charge in [0.25, 0.3) is 11.8 Å². The molecule has 1 unspecified atom stereocenters. The molecular formula is C20H19ClN2O2S. The summed E-state index contributed by atoms with van der Waals surface area (Å²) in [7, 11) is 0. The first-order valence-electron chi connectivity index (χ1n) is 8.64. The summed E-state index contributed by atoms with van der Waals surface area (Å²) in [4.78, 5) is 29.3. The van der Waals surface area contributed by atoms with Crippen molar-refractivity contribution in [3.63, 3.8) is 0 Å². The number of benzene rings is 2. The van der Waals surface area contributed by atoms with E-state index in [2.05, 4.69) is 0 Å². The average molecular weight is 387 g/mol. The van der Waals surface area contributed by atoms with Crippen LogP contribution in [0.5, 0.6) is 0 Å². The molecule has 1 spiro atoms. The third-order valence-electron chi connectivity index (χ3n) is 5.09. The molecule has 0 aromatic heterocycles. The lowest BCUT2D eigenvalue weighted by Gasteiger charge is -2.33. The monoisotopic (exact) mass is 386 g/mol. The molecule has 4 rings (SSSR count). The van der Waals surface area contributed by atoms with Crippen molar-refractivity contribution in [3.05, 3.63) is 64.2 Å². The van der Waals surface area contributed by atoms with Gasteiger partial charge in [0.05, 0.1) is 5.69 Å². The Hall–Kier alpha value is -1.98. The summed E-state index contributed by atoms with van der Waals surface area (Å²) in [5, 5.41) is 0.574. The van der Waals surface area contributed by atoms with Gasteiger partial charge in [0.1, 0.15) is 0 Å². The van der Waals surface area contributed by atoms with Gasteiger partial charge in [-0.1, -0.05) is 29.8 Å². The van der Waals surface area contributed by atoms with Crippen LogP contribution in [0.2, 0.25) is 5.02 Å². The number of fused-ring (bicyclic) bond motifs is 2. The third kappa shape index (κ3) is 2.30. The number of carbonyl (C=O) groups is 2. The van der Waals surface area contributed by atoms with Gasteiger partial charge in [-0.3, -0.25) is 9.59 Å². The van der Waals surface area contributed by atoms with Crippen LogP contribution < -0.4 is 4.90 Å². The Labute approximate surface area is 162 Å². The molecule has 0 bridgehead atoms. The first kappa shape index (κ1) is 17.4. The van der Waals surface area contributed by atoms with Gasteiger partial charge in [-0.15, -0.1) is 11.8 Å². The summed E-state index contributed by atoms with van der Waals surface area (Å²) in [6.07, 6.45) is 0.